The van der Waals surface area contributed by atoms with Crippen molar-refractivity contribution in [2.24, 2.45) is 39.4 Å². The monoisotopic (exact) mass is 500 g/mol. The maximum Gasteiger partial charge on any atom is 0.202 e. The number of carbonyl (C=O) groups excluding carboxylic acids is 2. The molecular weight excluding hydrogens is 456 g/mol. The highest BCUT2D eigenvalue weighted by Crippen LogP contribution is 2.74. The maximum absolute atomic E-state index is 14.3. The topological polar surface area (TPSA) is 104 Å². The van der Waals surface area contributed by atoms with Crippen LogP contribution in [-0.2, 0) is 14.3 Å². The molecule has 1 aliphatic heterocycles. The Labute approximate surface area is 215 Å². The second kappa shape index (κ2) is 7.33. The van der Waals surface area contributed by atoms with Crippen LogP contribution in [0.3, 0.4) is 0 Å². The first kappa shape index (κ1) is 26.1. The van der Waals surface area contributed by atoms with E-state index in [1.54, 1.807) is 20.8 Å². The van der Waals surface area contributed by atoms with Crippen molar-refractivity contribution in [3.8, 4) is 0 Å². The molecule has 0 unspecified atom stereocenters. The third-order valence-corrected chi connectivity index (χ3v) is 11.9. The molecular formula is C30H44O6. The molecule has 0 spiro atoms. The normalized spacial score (nSPS) is 50.0. The second-order valence-corrected chi connectivity index (χ2v) is 14.4. The molecule has 5 aliphatic rings. The van der Waals surface area contributed by atoms with Gasteiger partial charge in [-0.05, 0) is 69.1 Å². The van der Waals surface area contributed by atoms with E-state index in [9.17, 15) is 24.9 Å². The number of fused-ring (bicyclic) bond motifs is 5. The van der Waals surface area contributed by atoms with Crippen LogP contribution in [0.25, 0.3) is 0 Å². The average Bonchev–Trinajstić information content (AvgIpc) is 3.15. The van der Waals surface area contributed by atoms with E-state index in [4.69, 9.17) is 4.74 Å². The van der Waals surface area contributed by atoms with Gasteiger partial charge in [0.2, 0.25) is 5.78 Å². The number of allylic oxidation sites excluding steroid dienone is 1. The number of ketones is 2. The predicted octanol–water partition coefficient (Wildman–Crippen LogP) is 4.12. The zero-order valence-corrected chi connectivity index (χ0v) is 23.1. The lowest BCUT2D eigenvalue weighted by atomic mass is 9.38. The van der Waals surface area contributed by atoms with E-state index in [0.29, 0.717) is 19.3 Å². The summed E-state index contributed by atoms with van der Waals surface area (Å²) in [6, 6.07) is 0. The molecule has 0 bridgehead atoms. The maximum atomic E-state index is 14.3. The summed E-state index contributed by atoms with van der Waals surface area (Å²) in [5, 5.41) is 32.9. The highest BCUT2D eigenvalue weighted by atomic mass is 16.5. The zero-order valence-electron chi connectivity index (χ0n) is 23.1. The Morgan fingerprint density at radius 2 is 1.64 bits per heavy atom. The predicted molar refractivity (Wildman–Crippen MR) is 136 cm³/mol. The van der Waals surface area contributed by atoms with E-state index < -0.39 is 45.6 Å². The molecule has 3 fully saturated rings. The lowest BCUT2D eigenvalue weighted by Gasteiger charge is -2.64. The lowest BCUT2D eigenvalue weighted by molar-refractivity contribution is -0.184. The molecule has 6 heteroatoms. The molecule has 3 saturated carbocycles. The first-order valence-electron chi connectivity index (χ1n) is 13.6. The van der Waals surface area contributed by atoms with E-state index in [1.165, 1.54) is 11.6 Å². The number of carbonyl (C=O) groups is 2. The van der Waals surface area contributed by atoms with Gasteiger partial charge >= 0.3 is 0 Å². The van der Waals surface area contributed by atoms with E-state index in [1.807, 2.05) is 0 Å². The molecule has 36 heavy (non-hydrogen) atoms. The molecule has 6 nitrogen and oxygen atoms in total. The van der Waals surface area contributed by atoms with E-state index in [0.717, 1.165) is 6.42 Å². The summed E-state index contributed by atoms with van der Waals surface area (Å²) < 4.78 is 6.21. The van der Waals surface area contributed by atoms with Gasteiger partial charge in [0.05, 0.1) is 12.2 Å². The van der Waals surface area contributed by atoms with Gasteiger partial charge in [0, 0.05) is 29.2 Å². The molecule has 0 aromatic carbocycles. The van der Waals surface area contributed by atoms with Crippen LogP contribution in [0.2, 0.25) is 0 Å². The minimum Gasteiger partial charge on any atom is -0.480 e. The lowest BCUT2D eigenvalue weighted by Crippen LogP contribution is -2.64. The number of hydrogen-bond acceptors (Lipinski definition) is 6. The molecule has 0 amide bonds. The van der Waals surface area contributed by atoms with Crippen LogP contribution in [0.1, 0.15) is 87.5 Å². The Balaban J connectivity index is 1.59. The number of Topliss-reactive ketones (excluding diaryl/α,β-unsaturated/α-hetero) is 1. The zero-order chi connectivity index (χ0) is 26.9. The van der Waals surface area contributed by atoms with Crippen molar-refractivity contribution in [1.29, 1.82) is 0 Å². The Hall–Kier alpha value is -1.50. The van der Waals surface area contributed by atoms with Gasteiger partial charge in [-0.3, -0.25) is 9.59 Å². The molecule has 4 aliphatic carbocycles. The summed E-state index contributed by atoms with van der Waals surface area (Å²) in [5.74, 6) is -0.356. The number of ether oxygens (including phenoxy) is 1. The van der Waals surface area contributed by atoms with Crippen LogP contribution < -0.4 is 0 Å². The van der Waals surface area contributed by atoms with E-state index in [-0.39, 0.29) is 41.0 Å². The van der Waals surface area contributed by atoms with Crippen molar-refractivity contribution in [2.75, 3.05) is 0 Å². The highest BCUT2D eigenvalue weighted by Gasteiger charge is 2.75. The molecule has 0 aromatic rings. The molecule has 9 atom stereocenters. The Morgan fingerprint density at radius 1 is 1.00 bits per heavy atom. The smallest absolute Gasteiger partial charge is 0.202 e. The number of aliphatic hydroxyl groups is 3. The SMILES string of the molecule is CC(C)(O)C1=CC(=O)[C@](C)([C@H]2[C@H](O)C[C@@]3(C)[C@@H]4CC=C5[C@@H](CC[C@@H](O)C5(C)C)[C@]4(C)C(=O)C[C@]23C)O1. The first-order valence-corrected chi connectivity index (χ1v) is 13.6. The molecule has 3 N–H and O–H groups in total. The minimum atomic E-state index is -1.35. The molecule has 1 heterocycles. The van der Waals surface area contributed by atoms with Gasteiger partial charge < -0.3 is 20.1 Å². The summed E-state index contributed by atoms with van der Waals surface area (Å²) in [6.45, 7) is 15.5. The van der Waals surface area contributed by atoms with Crippen molar-refractivity contribution in [2.45, 2.75) is 111 Å². The summed E-state index contributed by atoms with van der Waals surface area (Å²) >= 11 is 0. The summed E-state index contributed by atoms with van der Waals surface area (Å²) in [4.78, 5) is 27.7. The van der Waals surface area contributed by atoms with Gasteiger partial charge in [0.1, 0.15) is 17.1 Å². The fraction of sp³-hybridized carbons (Fsp3) is 0.800. The van der Waals surface area contributed by atoms with Crippen LogP contribution in [0.4, 0.5) is 0 Å². The van der Waals surface area contributed by atoms with Crippen molar-refractivity contribution in [3.05, 3.63) is 23.5 Å². The first-order chi connectivity index (χ1) is 16.3. The summed E-state index contributed by atoms with van der Waals surface area (Å²) in [7, 11) is 0. The van der Waals surface area contributed by atoms with Gasteiger partial charge in [0.15, 0.2) is 5.60 Å². The van der Waals surface area contributed by atoms with E-state index in [2.05, 4.69) is 40.7 Å². The standard InChI is InChI=1S/C30H44O6/c1-25(2)16-9-11-19-27(5)14-18(31)24(30(8)21(33)13-23(36-30)26(3,4)35)28(27,6)15-22(34)29(19,7)17(16)10-12-20(25)32/h9,13,17-20,24,31-32,35H,10-12,14-15H2,1-8H3/t17-,18-,19+,20-,24+,27+,28-,29+,30-/m1/s1. The van der Waals surface area contributed by atoms with Crippen LogP contribution in [0.5, 0.6) is 0 Å². The van der Waals surface area contributed by atoms with Crippen LogP contribution >= 0.6 is 0 Å². The Kier molecular flexibility index (Phi) is 5.32. The summed E-state index contributed by atoms with van der Waals surface area (Å²) in [5.41, 5.74) is -3.46. The quantitative estimate of drug-likeness (QED) is 0.493. The Morgan fingerprint density at radius 3 is 2.22 bits per heavy atom. The molecule has 200 valence electrons. The van der Waals surface area contributed by atoms with Crippen molar-refractivity contribution < 1.29 is 29.6 Å². The van der Waals surface area contributed by atoms with Crippen LogP contribution in [0, 0.1) is 39.4 Å². The highest BCUT2D eigenvalue weighted by molar-refractivity contribution is 6.00. The number of aliphatic hydroxyl groups excluding tert-OH is 2. The minimum absolute atomic E-state index is 0.0116. The fourth-order valence-corrected chi connectivity index (χ4v) is 9.56. The molecule has 0 radical (unpaired) electrons. The fourth-order valence-electron chi connectivity index (χ4n) is 9.56. The molecule has 0 saturated heterocycles. The van der Waals surface area contributed by atoms with Gasteiger partial charge in [0.25, 0.3) is 0 Å². The number of hydrogen-bond donors (Lipinski definition) is 3. The van der Waals surface area contributed by atoms with Crippen molar-refractivity contribution in [1.82, 2.24) is 0 Å². The van der Waals surface area contributed by atoms with Gasteiger partial charge in [-0.15, -0.1) is 0 Å². The third-order valence-electron chi connectivity index (χ3n) is 11.9. The molecule has 5 rings (SSSR count). The van der Waals surface area contributed by atoms with Crippen molar-refractivity contribution in [3.63, 3.8) is 0 Å². The Bertz CT molecular complexity index is 1080. The average molecular weight is 501 g/mol. The largest absolute Gasteiger partial charge is 0.480 e. The second-order valence-electron chi connectivity index (χ2n) is 14.4. The van der Waals surface area contributed by atoms with Gasteiger partial charge in [-0.2, -0.15) is 0 Å². The third kappa shape index (κ3) is 2.95. The molecule has 0 aromatic heterocycles. The summed E-state index contributed by atoms with van der Waals surface area (Å²) in [6.07, 6.45) is 5.36. The van der Waals surface area contributed by atoms with Gasteiger partial charge in [-0.25, -0.2) is 0 Å². The van der Waals surface area contributed by atoms with E-state index >= 15 is 0 Å². The van der Waals surface area contributed by atoms with Gasteiger partial charge in [-0.1, -0.05) is 46.3 Å². The number of rotatable bonds is 2. The van der Waals surface area contributed by atoms with Crippen LogP contribution in [-0.4, -0.2) is 50.3 Å². The van der Waals surface area contributed by atoms with Crippen LogP contribution in [0.15, 0.2) is 23.5 Å². The van der Waals surface area contributed by atoms with Crippen molar-refractivity contribution >= 4 is 11.6 Å².